The molecule has 0 aromatic heterocycles. The fourth-order valence-corrected chi connectivity index (χ4v) is 3.78. The molecule has 24 heavy (non-hydrogen) atoms. The average Bonchev–Trinajstić information content (AvgIpc) is 2.64. The van der Waals surface area contributed by atoms with Gasteiger partial charge in [-0.25, -0.2) is 0 Å². The summed E-state index contributed by atoms with van der Waals surface area (Å²) in [6.07, 6.45) is 6.07. The van der Waals surface area contributed by atoms with E-state index in [1.165, 1.54) is 37.1 Å². The van der Waals surface area contributed by atoms with E-state index in [4.69, 9.17) is 0 Å². The lowest BCUT2D eigenvalue weighted by atomic mass is 9.98. The zero-order valence-electron chi connectivity index (χ0n) is 15.0. The summed E-state index contributed by atoms with van der Waals surface area (Å²) < 4.78 is 0. The van der Waals surface area contributed by atoms with Gasteiger partial charge >= 0.3 is 0 Å². The van der Waals surface area contributed by atoms with E-state index in [2.05, 4.69) is 63.6 Å². The third-order valence-corrected chi connectivity index (χ3v) is 5.14. The first kappa shape index (κ1) is 17.0. The van der Waals surface area contributed by atoms with Crippen LogP contribution in [-0.2, 0) is 0 Å². The summed E-state index contributed by atoms with van der Waals surface area (Å²) in [5.41, 5.74) is 2.81. The maximum Gasteiger partial charge on any atom is 0.193 e. The van der Waals surface area contributed by atoms with Crippen LogP contribution in [0.15, 0.2) is 41.4 Å². The van der Waals surface area contributed by atoms with E-state index in [-0.39, 0.29) is 0 Å². The third kappa shape index (κ3) is 4.38. The van der Waals surface area contributed by atoms with E-state index >= 15 is 0 Å². The Morgan fingerprint density at radius 2 is 2.08 bits per heavy atom. The summed E-state index contributed by atoms with van der Waals surface area (Å²) in [4.78, 5) is 9.30. The van der Waals surface area contributed by atoms with Crippen molar-refractivity contribution in [3.8, 4) is 0 Å². The monoisotopic (exact) mass is 326 g/mol. The molecule has 0 amide bonds. The van der Waals surface area contributed by atoms with Crippen LogP contribution in [0.25, 0.3) is 5.57 Å². The van der Waals surface area contributed by atoms with Gasteiger partial charge in [-0.2, -0.15) is 0 Å². The van der Waals surface area contributed by atoms with Crippen molar-refractivity contribution in [2.45, 2.75) is 19.3 Å². The second-order valence-corrected chi connectivity index (χ2v) is 6.99. The van der Waals surface area contributed by atoms with Gasteiger partial charge in [0.1, 0.15) is 0 Å². The van der Waals surface area contributed by atoms with Crippen molar-refractivity contribution < 1.29 is 0 Å². The average molecular weight is 326 g/mol. The van der Waals surface area contributed by atoms with Crippen LogP contribution < -0.4 is 5.32 Å². The standard InChI is InChI=1S/C20H30N4/c1-21-20(22-15-17-7-6-12-23(2)16-17)24-13-10-19(11-14-24)18-8-4-3-5-9-18/h3-5,8-10,17H,6-7,11-16H2,1-2H3,(H,21,22). The molecular weight excluding hydrogens is 296 g/mol. The van der Waals surface area contributed by atoms with Crippen LogP contribution in [-0.4, -0.2) is 62.6 Å². The minimum Gasteiger partial charge on any atom is -0.356 e. The first-order valence-corrected chi connectivity index (χ1v) is 9.15. The number of hydrogen-bond donors (Lipinski definition) is 1. The van der Waals surface area contributed by atoms with Crippen LogP contribution >= 0.6 is 0 Å². The molecule has 0 aliphatic carbocycles. The van der Waals surface area contributed by atoms with Crippen molar-refractivity contribution in [1.29, 1.82) is 0 Å². The molecule has 0 saturated carbocycles. The lowest BCUT2D eigenvalue weighted by Crippen LogP contribution is -2.46. The number of aliphatic imine (C=N–C) groups is 1. The van der Waals surface area contributed by atoms with E-state index in [0.717, 1.165) is 37.9 Å². The molecule has 1 fully saturated rings. The molecule has 1 atom stereocenters. The number of guanidine groups is 1. The molecule has 4 nitrogen and oxygen atoms in total. The van der Waals surface area contributed by atoms with Gasteiger partial charge < -0.3 is 15.1 Å². The highest BCUT2D eigenvalue weighted by Gasteiger charge is 2.20. The number of likely N-dealkylation sites (tertiary alicyclic amines) is 1. The lowest BCUT2D eigenvalue weighted by Gasteiger charge is -2.33. The molecule has 2 aliphatic rings. The molecule has 2 aliphatic heterocycles. The first-order valence-electron chi connectivity index (χ1n) is 9.15. The van der Waals surface area contributed by atoms with Gasteiger partial charge in [-0.3, -0.25) is 4.99 Å². The van der Waals surface area contributed by atoms with Crippen molar-refractivity contribution in [3.05, 3.63) is 42.0 Å². The Bertz CT molecular complexity index is 579. The summed E-state index contributed by atoms with van der Waals surface area (Å²) in [6.45, 7) is 5.44. The highest BCUT2D eigenvalue weighted by Crippen LogP contribution is 2.22. The van der Waals surface area contributed by atoms with Gasteiger partial charge in [-0.05, 0) is 49.9 Å². The highest BCUT2D eigenvalue weighted by atomic mass is 15.3. The Balaban J connectivity index is 1.53. The molecule has 4 heteroatoms. The van der Waals surface area contributed by atoms with Gasteiger partial charge in [0.05, 0.1) is 0 Å². The zero-order valence-corrected chi connectivity index (χ0v) is 15.0. The van der Waals surface area contributed by atoms with E-state index in [1.807, 2.05) is 7.05 Å². The smallest absolute Gasteiger partial charge is 0.193 e. The summed E-state index contributed by atoms with van der Waals surface area (Å²) in [7, 11) is 4.12. The van der Waals surface area contributed by atoms with Crippen LogP contribution in [0.3, 0.4) is 0 Å². The Morgan fingerprint density at radius 1 is 1.25 bits per heavy atom. The number of nitrogens with zero attached hydrogens (tertiary/aromatic N) is 3. The summed E-state index contributed by atoms with van der Waals surface area (Å²) in [6, 6.07) is 10.7. The predicted octanol–water partition coefficient (Wildman–Crippen LogP) is 2.69. The molecule has 1 aromatic carbocycles. The van der Waals surface area contributed by atoms with Crippen molar-refractivity contribution >= 4 is 11.5 Å². The molecule has 1 N–H and O–H groups in total. The second kappa shape index (κ2) is 8.34. The number of nitrogens with one attached hydrogen (secondary N) is 1. The van der Waals surface area contributed by atoms with Gasteiger partial charge in [0.2, 0.25) is 0 Å². The minimum absolute atomic E-state index is 0.737. The van der Waals surface area contributed by atoms with Crippen LogP contribution in [0.2, 0.25) is 0 Å². The molecule has 130 valence electrons. The molecule has 0 bridgehead atoms. The molecule has 2 heterocycles. The Morgan fingerprint density at radius 3 is 2.75 bits per heavy atom. The Labute approximate surface area is 146 Å². The van der Waals surface area contributed by atoms with Crippen LogP contribution in [0.1, 0.15) is 24.8 Å². The number of piperidine rings is 1. The predicted molar refractivity (Wildman–Crippen MR) is 102 cm³/mol. The topological polar surface area (TPSA) is 30.9 Å². The van der Waals surface area contributed by atoms with Gasteiger partial charge in [-0.15, -0.1) is 0 Å². The fraction of sp³-hybridized carbons (Fsp3) is 0.550. The van der Waals surface area contributed by atoms with Gasteiger partial charge in [0.25, 0.3) is 0 Å². The highest BCUT2D eigenvalue weighted by molar-refractivity contribution is 5.81. The van der Waals surface area contributed by atoms with Gasteiger partial charge in [0, 0.05) is 33.2 Å². The molecular formula is C20H30N4. The molecule has 1 unspecified atom stereocenters. The van der Waals surface area contributed by atoms with Crippen molar-refractivity contribution in [1.82, 2.24) is 15.1 Å². The van der Waals surface area contributed by atoms with Crippen LogP contribution in [0.5, 0.6) is 0 Å². The molecule has 1 aromatic rings. The Hall–Kier alpha value is -1.81. The minimum atomic E-state index is 0.737. The van der Waals surface area contributed by atoms with E-state index in [1.54, 1.807) is 0 Å². The van der Waals surface area contributed by atoms with Crippen LogP contribution in [0, 0.1) is 5.92 Å². The number of hydrogen-bond acceptors (Lipinski definition) is 2. The van der Waals surface area contributed by atoms with E-state index in [9.17, 15) is 0 Å². The largest absolute Gasteiger partial charge is 0.356 e. The molecule has 1 saturated heterocycles. The van der Waals surface area contributed by atoms with E-state index in [0.29, 0.717) is 0 Å². The van der Waals surface area contributed by atoms with Crippen molar-refractivity contribution in [3.63, 3.8) is 0 Å². The lowest BCUT2D eigenvalue weighted by molar-refractivity contribution is 0.209. The summed E-state index contributed by atoms with van der Waals surface area (Å²) in [5.74, 6) is 1.78. The van der Waals surface area contributed by atoms with Crippen molar-refractivity contribution in [2.75, 3.05) is 46.8 Å². The first-order chi connectivity index (χ1) is 11.8. The molecule has 0 spiro atoms. The SMILES string of the molecule is CN=C(NCC1CCCN(C)C1)N1CC=C(c2ccccc2)CC1. The van der Waals surface area contributed by atoms with Gasteiger partial charge in [0.15, 0.2) is 5.96 Å². The maximum atomic E-state index is 4.50. The number of rotatable bonds is 3. The third-order valence-electron chi connectivity index (χ3n) is 5.14. The van der Waals surface area contributed by atoms with Crippen LogP contribution in [0.4, 0.5) is 0 Å². The van der Waals surface area contributed by atoms with E-state index < -0.39 is 0 Å². The quantitative estimate of drug-likeness (QED) is 0.684. The maximum absolute atomic E-state index is 4.50. The van der Waals surface area contributed by atoms with Crippen molar-refractivity contribution in [2.24, 2.45) is 10.9 Å². The fourth-order valence-electron chi connectivity index (χ4n) is 3.78. The Kier molecular flexibility index (Phi) is 5.91. The number of benzene rings is 1. The summed E-state index contributed by atoms with van der Waals surface area (Å²) >= 11 is 0. The summed E-state index contributed by atoms with van der Waals surface area (Å²) in [5, 5.41) is 3.60. The molecule has 3 rings (SSSR count). The molecule has 0 radical (unpaired) electrons. The van der Waals surface area contributed by atoms with Gasteiger partial charge in [-0.1, -0.05) is 36.4 Å². The zero-order chi connectivity index (χ0) is 16.8. The second-order valence-electron chi connectivity index (χ2n) is 6.99. The normalized spacial score (nSPS) is 23.1.